The molecule has 6 unspecified atom stereocenters. The maximum absolute atomic E-state index is 12.2. The van der Waals surface area contributed by atoms with Crippen LogP contribution in [0.1, 0.15) is 319 Å². The molecule has 0 aromatic carbocycles. The average molecular weight is 1560 g/mol. The molecule has 0 spiro atoms. The van der Waals surface area contributed by atoms with Gasteiger partial charge in [-0.2, -0.15) is 0 Å². The van der Waals surface area contributed by atoms with Gasteiger partial charge in [0.1, 0.15) is 34.6 Å². The number of hydrogen-bond acceptors (Lipinski definition) is 20. The number of carbonyl (C=O) groups is 6. The summed E-state index contributed by atoms with van der Waals surface area (Å²) in [4.78, 5) is 76.4. The number of aryl methyl sites for hydroxylation is 6. The molecular formula is C85H148N14O12. The summed E-state index contributed by atoms with van der Waals surface area (Å²) >= 11 is 0. The van der Waals surface area contributed by atoms with E-state index in [9.17, 15) is 28.8 Å². The van der Waals surface area contributed by atoms with Gasteiger partial charge in [-0.3, -0.25) is 28.8 Å². The topological polar surface area (TPSA) is 337 Å². The predicted molar refractivity (Wildman–Crippen MR) is 441 cm³/mol. The van der Waals surface area contributed by atoms with Crippen LogP contribution in [0.15, 0.2) is 45.3 Å². The van der Waals surface area contributed by atoms with Gasteiger partial charge in [0.15, 0.2) is 34.2 Å². The summed E-state index contributed by atoms with van der Waals surface area (Å²) in [5.41, 5.74) is 4.92. The normalized spacial score (nSPS) is 12.8. The van der Waals surface area contributed by atoms with E-state index in [4.69, 9.17) is 27.1 Å². The van der Waals surface area contributed by atoms with E-state index in [1.807, 2.05) is 62.3 Å². The third-order valence-electron chi connectivity index (χ3n) is 20.9. The lowest BCUT2D eigenvalue weighted by Gasteiger charge is -2.30. The van der Waals surface area contributed by atoms with Gasteiger partial charge in [0.2, 0.25) is 0 Å². The first-order valence-corrected chi connectivity index (χ1v) is 41.4. The summed E-state index contributed by atoms with van der Waals surface area (Å²) in [5.74, 6) is 9.03. The molecule has 26 heteroatoms. The van der Waals surface area contributed by atoms with Crippen molar-refractivity contribution in [2.75, 3.05) is 66.5 Å². The van der Waals surface area contributed by atoms with E-state index in [-0.39, 0.29) is 35.4 Å². The second-order valence-corrected chi connectivity index (χ2v) is 30.8. The third-order valence-corrected chi connectivity index (χ3v) is 20.9. The average Bonchev–Trinajstić information content (AvgIpc) is 1.73. The predicted octanol–water partition coefficient (Wildman–Crippen LogP) is 16.2. The molecule has 6 aromatic heterocycles. The zero-order valence-corrected chi connectivity index (χ0v) is 73.8. The van der Waals surface area contributed by atoms with E-state index in [0.29, 0.717) is 145 Å². The number of nitrogens with zero attached hydrogens (tertiary/aromatic N) is 8. The van der Waals surface area contributed by atoms with Gasteiger partial charge in [0.25, 0.3) is 35.4 Å². The first-order valence-electron chi connectivity index (χ1n) is 41.4. The number of amides is 6. The zero-order valence-electron chi connectivity index (χ0n) is 73.8. The molecule has 0 aliphatic carbocycles. The monoisotopic (exact) mass is 1560 g/mol. The Balaban J connectivity index is 0.000000666. The van der Waals surface area contributed by atoms with Gasteiger partial charge in [-0.15, -0.1) is 0 Å². The van der Waals surface area contributed by atoms with Crippen LogP contribution in [-0.2, 0) is 38.5 Å². The van der Waals surface area contributed by atoms with Crippen molar-refractivity contribution in [1.82, 2.24) is 72.6 Å². The van der Waals surface area contributed by atoms with E-state index in [1.165, 1.54) is 0 Å². The van der Waals surface area contributed by atoms with Crippen LogP contribution in [0.25, 0.3) is 0 Å². The summed E-state index contributed by atoms with van der Waals surface area (Å²) in [6.45, 7) is 62.5. The Morgan fingerprint density at radius 2 is 0.568 bits per heavy atom. The second-order valence-electron chi connectivity index (χ2n) is 30.8. The lowest BCUT2D eigenvalue weighted by molar-refractivity contribution is 0.0912. The van der Waals surface area contributed by atoms with E-state index in [1.54, 1.807) is 18.2 Å². The van der Waals surface area contributed by atoms with Gasteiger partial charge in [0.05, 0.1) is 0 Å². The number of aromatic nitrogens is 6. The minimum atomic E-state index is -0.168. The molecule has 630 valence electrons. The second kappa shape index (κ2) is 54.6. The summed E-state index contributed by atoms with van der Waals surface area (Å²) in [5, 5.41) is 40.6. The molecule has 0 fully saturated rings. The molecule has 0 bridgehead atoms. The summed E-state index contributed by atoms with van der Waals surface area (Å²) in [6.07, 6.45) is 11.2. The first kappa shape index (κ1) is 101. The molecule has 6 N–H and O–H groups in total. The number of rotatable bonds is 40. The van der Waals surface area contributed by atoms with Gasteiger partial charge in [-0.1, -0.05) is 223 Å². The minimum absolute atomic E-state index is 0.122. The molecule has 6 atom stereocenters. The summed E-state index contributed by atoms with van der Waals surface area (Å²) in [7, 11) is 4.15. The number of hydrogen-bond donors (Lipinski definition) is 6. The fourth-order valence-electron chi connectivity index (χ4n) is 12.4. The van der Waals surface area contributed by atoms with Crippen LogP contribution < -0.4 is 31.9 Å². The van der Waals surface area contributed by atoms with E-state index in [0.717, 1.165) is 141 Å². The molecule has 0 saturated heterocycles. The van der Waals surface area contributed by atoms with Crippen molar-refractivity contribution in [3.05, 3.63) is 104 Å². The summed E-state index contributed by atoms with van der Waals surface area (Å²) < 4.78 is 30.5. The summed E-state index contributed by atoms with van der Waals surface area (Å²) in [6, 6.07) is 5.75. The van der Waals surface area contributed by atoms with Crippen molar-refractivity contribution in [2.24, 2.45) is 59.2 Å². The lowest BCUT2D eigenvalue weighted by Crippen LogP contribution is -2.45. The van der Waals surface area contributed by atoms with Crippen LogP contribution >= 0.6 is 0 Å². The molecule has 0 radical (unpaired) electrons. The molecule has 6 rings (SSSR count). The van der Waals surface area contributed by atoms with Gasteiger partial charge in [-0.25, -0.2) is 0 Å². The standard InChI is InChI=1S/C15H27N3O2.C15H26N2O2.C14H25N3O2.2C14H24N2O2.C13H22N2O2/c1-7-13-11(5)14(17-20-13)15(19)16-9-12(10(3)4)18(6)8-2;1-6-8-12(10(3)4)9-16-15(18)14-11(5)13(7-2)19-17-14;1-6-11-8-12(16-19-11)14(18)15-9-13(10(3)4)17(5)7-2;1-6-11(9(3)4)8-15-14(17)13-10(5)12(7-2)18-16-13;1-5-7-11(10(3)4)9-15-14(17)13-8-12(6-2)18-16-13;1-5-10(9(3)4)8-14-13(16)12-7-11(6-2)17-15-12/h10,12H,7-9H2,1-6H3,(H,16,19);10,12H,6-9H2,1-5H3,(H,16,18);8,10,13H,6-7,9H2,1-5H3,(H,15,18);9,11H,6-8H2,1-5H3,(H,15,17);8,10-11H,5-7,9H2,1-4H3,(H,15,17);7,9-10H,5-6,8H2,1-4H3,(H,14,16). The largest absolute Gasteiger partial charge is 0.361 e. The van der Waals surface area contributed by atoms with Gasteiger partial charge in [-0.05, 0) is 120 Å². The van der Waals surface area contributed by atoms with Crippen molar-refractivity contribution in [1.29, 1.82) is 0 Å². The molecule has 0 aliphatic heterocycles. The van der Waals surface area contributed by atoms with Crippen molar-refractivity contribution >= 4 is 35.4 Å². The van der Waals surface area contributed by atoms with E-state index in [2.05, 4.69) is 211 Å². The molecule has 6 heterocycles. The first-order chi connectivity index (χ1) is 52.6. The molecule has 6 amide bonds. The van der Waals surface area contributed by atoms with Gasteiger partial charge in [0, 0.05) is 125 Å². The Bertz CT molecular complexity index is 3550. The van der Waals surface area contributed by atoms with Crippen molar-refractivity contribution < 1.29 is 55.9 Å². The van der Waals surface area contributed by atoms with Crippen LogP contribution in [0, 0.1) is 80.0 Å². The van der Waals surface area contributed by atoms with Crippen LogP contribution in [0.2, 0.25) is 0 Å². The maximum atomic E-state index is 12.2. The molecule has 0 saturated carbocycles. The molecule has 6 aromatic rings. The van der Waals surface area contributed by atoms with Crippen molar-refractivity contribution in [3.63, 3.8) is 0 Å². The third kappa shape index (κ3) is 35.3. The highest BCUT2D eigenvalue weighted by molar-refractivity contribution is 5.95. The van der Waals surface area contributed by atoms with Crippen LogP contribution in [0.5, 0.6) is 0 Å². The quantitative estimate of drug-likeness (QED) is 0.0208. The number of carbonyl (C=O) groups excluding carboxylic acids is 6. The highest BCUT2D eigenvalue weighted by atomic mass is 16.5. The van der Waals surface area contributed by atoms with Gasteiger partial charge >= 0.3 is 0 Å². The van der Waals surface area contributed by atoms with Crippen molar-refractivity contribution in [3.8, 4) is 0 Å². The SMILES string of the molecule is CCCC(CNC(=O)c1cc(CC)on1)C(C)C.CCCC(CNC(=O)c1noc(CC)c1C)C(C)C.CCc1cc(C(=O)NCC(C(C)C)N(C)CC)no1.CCc1cc(C(=O)NCC(CC)C(C)C)no1.CCc1onc(C(=O)NCC(C(C)C)N(C)CC)c1C.CCc1onc(C(=O)NCC(CC)C(C)C)c1C. The molecular weight excluding hydrogens is 1410 g/mol. The zero-order chi connectivity index (χ0) is 84.2. The van der Waals surface area contributed by atoms with Crippen LogP contribution in [-0.4, -0.2) is 155 Å². The van der Waals surface area contributed by atoms with Crippen LogP contribution in [0.3, 0.4) is 0 Å². The van der Waals surface area contributed by atoms with Crippen LogP contribution in [0.4, 0.5) is 0 Å². The number of nitrogens with one attached hydrogen (secondary N) is 6. The number of likely N-dealkylation sites (N-methyl/N-ethyl adjacent to an activating group) is 2. The molecule has 26 nitrogen and oxygen atoms in total. The minimum Gasteiger partial charge on any atom is -0.361 e. The van der Waals surface area contributed by atoms with E-state index < -0.39 is 0 Å². The fraction of sp³-hybridized carbons (Fsp3) is 0.718. The van der Waals surface area contributed by atoms with Crippen molar-refractivity contribution in [2.45, 2.75) is 276 Å². The lowest BCUT2D eigenvalue weighted by atomic mass is 9.91. The highest BCUT2D eigenvalue weighted by Crippen LogP contribution is 2.22. The Morgan fingerprint density at radius 1 is 0.324 bits per heavy atom. The maximum Gasteiger partial charge on any atom is 0.273 e. The fourth-order valence-corrected chi connectivity index (χ4v) is 12.4. The van der Waals surface area contributed by atoms with Gasteiger partial charge < -0.3 is 68.8 Å². The Labute approximate surface area is 666 Å². The van der Waals surface area contributed by atoms with E-state index >= 15 is 0 Å². The molecule has 111 heavy (non-hydrogen) atoms. The Kier molecular flexibility index (Phi) is 49.7. The smallest absolute Gasteiger partial charge is 0.273 e. The molecule has 0 aliphatic rings. The highest BCUT2D eigenvalue weighted by Gasteiger charge is 2.26. The Hall–Kier alpha value is -8.00. The Morgan fingerprint density at radius 3 is 0.766 bits per heavy atom.